The van der Waals surface area contributed by atoms with Gasteiger partial charge in [-0.25, -0.2) is 9.82 Å². The van der Waals surface area contributed by atoms with Gasteiger partial charge in [-0.15, -0.1) is 0 Å². The summed E-state index contributed by atoms with van der Waals surface area (Å²) in [5, 5.41) is 0. The number of aryl methyl sites for hydroxylation is 1. The summed E-state index contributed by atoms with van der Waals surface area (Å²) in [5.41, 5.74) is 5.79. The van der Waals surface area contributed by atoms with Crippen LogP contribution in [0.25, 0.3) is 0 Å². The van der Waals surface area contributed by atoms with Crippen LogP contribution in [0.15, 0.2) is 46.9 Å². The zero-order chi connectivity index (χ0) is 13.8. The van der Waals surface area contributed by atoms with Gasteiger partial charge in [-0.1, -0.05) is 47.1 Å². The Kier molecular flexibility index (Phi) is 4.69. The molecule has 1 unspecified atom stereocenters. The Bertz CT molecular complexity index is 555. The Hall–Kier alpha value is -1.23. The molecule has 0 aromatic heterocycles. The van der Waals surface area contributed by atoms with Gasteiger partial charge in [-0.2, -0.15) is 0 Å². The quantitative estimate of drug-likeness (QED) is 0.665. The summed E-state index contributed by atoms with van der Waals surface area (Å²) in [5.74, 6) is 5.36. The molecule has 2 nitrogen and oxygen atoms in total. The van der Waals surface area contributed by atoms with E-state index in [2.05, 4.69) is 40.4 Å². The highest BCUT2D eigenvalue weighted by molar-refractivity contribution is 9.10. The van der Waals surface area contributed by atoms with Crippen molar-refractivity contribution in [3.63, 3.8) is 0 Å². The van der Waals surface area contributed by atoms with E-state index in [0.29, 0.717) is 0 Å². The highest BCUT2D eigenvalue weighted by Gasteiger charge is 2.16. The maximum absolute atomic E-state index is 13.4. The third-order valence-corrected chi connectivity index (χ3v) is 3.88. The fraction of sp³-hybridized carbons (Fsp3) is 0.200. The van der Waals surface area contributed by atoms with Crippen LogP contribution in [-0.2, 0) is 6.42 Å². The number of rotatable bonds is 4. The maximum atomic E-state index is 13.4. The average molecular weight is 323 g/mol. The average Bonchev–Trinajstić information content (AvgIpc) is 2.44. The SMILES string of the molecule is CCc1ccc(C(NN)c2cc(F)ccc2Br)cc1. The van der Waals surface area contributed by atoms with Crippen molar-refractivity contribution in [3.8, 4) is 0 Å². The van der Waals surface area contributed by atoms with Crippen LogP contribution in [0, 0.1) is 5.82 Å². The molecule has 0 bridgehead atoms. The van der Waals surface area contributed by atoms with Crippen LogP contribution in [0.1, 0.15) is 29.7 Å². The monoisotopic (exact) mass is 322 g/mol. The van der Waals surface area contributed by atoms with Crippen LogP contribution in [-0.4, -0.2) is 0 Å². The van der Waals surface area contributed by atoms with Gasteiger partial charge in [0.15, 0.2) is 0 Å². The van der Waals surface area contributed by atoms with Gasteiger partial charge in [-0.3, -0.25) is 5.84 Å². The summed E-state index contributed by atoms with van der Waals surface area (Å²) in [6.07, 6.45) is 0.991. The molecule has 2 rings (SSSR count). The van der Waals surface area contributed by atoms with Crippen LogP contribution >= 0.6 is 15.9 Å². The highest BCUT2D eigenvalue weighted by atomic mass is 79.9. The minimum Gasteiger partial charge on any atom is -0.271 e. The van der Waals surface area contributed by atoms with Crippen molar-refractivity contribution < 1.29 is 4.39 Å². The lowest BCUT2D eigenvalue weighted by molar-refractivity contribution is 0.603. The molecule has 3 N–H and O–H groups in total. The van der Waals surface area contributed by atoms with Crippen molar-refractivity contribution in [1.82, 2.24) is 5.43 Å². The first kappa shape index (κ1) is 14.2. The molecule has 0 fully saturated rings. The first-order valence-corrected chi connectivity index (χ1v) is 6.95. The van der Waals surface area contributed by atoms with Crippen molar-refractivity contribution in [1.29, 1.82) is 0 Å². The molecule has 0 saturated heterocycles. The van der Waals surface area contributed by atoms with Gasteiger partial charge in [0.1, 0.15) is 5.82 Å². The van der Waals surface area contributed by atoms with Crippen molar-refractivity contribution in [3.05, 3.63) is 69.4 Å². The van der Waals surface area contributed by atoms with Gasteiger partial charge in [0, 0.05) is 4.47 Å². The molecule has 0 spiro atoms. The molecule has 0 saturated carbocycles. The first-order valence-electron chi connectivity index (χ1n) is 6.15. The van der Waals surface area contributed by atoms with E-state index in [-0.39, 0.29) is 11.9 Å². The summed E-state index contributed by atoms with van der Waals surface area (Å²) in [6, 6.07) is 12.5. The molecule has 4 heteroatoms. The molecule has 2 aromatic rings. The summed E-state index contributed by atoms with van der Waals surface area (Å²) in [7, 11) is 0. The second-order valence-corrected chi connectivity index (χ2v) is 5.21. The zero-order valence-corrected chi connectivity index (χ0v) is 12.2. The number of hydrogen-bond donors (Lipinski definition) is 2. The highest BCUT2D eigenvalue weighted by Crippen LogP contribution is 2.29. The van der Waals surface area contributed by atoms with E-state index in [1.165, 1.54) is 17.7 Å². The summed E-state index contributed by atoms with van der Waals surface area (Å²) >= 11 is 3.44. The standard InChI is InChI=1S/C15H16BrFN2/c1-2-10-3-5-11(6-4-10)15(19-18)13-9-12(17)7-8-14(13)16/h3-9,15,19H,2,18H2,1H3. The van der Waals surface area contributed by atoms with Gasteiger partial charge < -0.3 is 0 Å². The van der Waals surface area contributed by atoms with E-state index in [9.17, 15) is 4.39 Å². The fourth-order valence-corrected chi connectivity index (χ4v) is 2.52. The summed E-state index contributed by atoms with van der Waals surface area (Å²) < 4.78 is 14.2. The largest absolute Gasteiger partial charge is 0.271 e. The van der Waals surface area contributed by atoms with Gasteiger partial charge in [-0.05, 0) is 41.3 Å². The van der Waals surface area contributed by atoms with Crippen LogP contribution in [0.3, 0.4) is 0 Å². The Morgan fingerprint density at radius 1 is 1.21 bits per heavy atom. The summed E-state index contributed by atoms with van der Waals surface area (Å²) in [4.78, 5) is 0. The molecule has 0 aliphatic rings. The van der Waals surface area contributed by atoms with Crippen LogP contribution in [0.2, 0.25) is 0 Å². The number of halogens is 2. The Morgan fingerprint density at radius 2 is 1.89 bits per heavy atom. The number of nitrogens with two attached hydrogens (primary N) is 1. The fourth-order valence-electron chi connectivity index (χ4n) is 2.05. The van der Waals surface area contributed by atoms with Crippen molar-refractivity contribution in [2.45, 2.75) is 19.4 Å². The Balaban J connectivity index is 2.40. The van der Waals surface area contributed by atoms with Crippen molar-refractivity contribution >= 4 is 15.9 Å². The predicted molar refractivity (Wildman–Crippen MR) is 79.1 cm³/mol. The molecular weight excluding hydrogens is 307 g/mol. The normalized spacial score (nSPS) is 12.4. The van der Waals surface area contributed by atoms with Crippen LogP contribution < -0.4 is 11.3 Å². The molecule has 1 atom stereocenters. The van der Waals surface area contributed by atoms with Gasteiger partial charge in [0.25, 0.3) is 0 Å². The van der Waals surface area contributed by atoms with E-state index >= 15 is 0 Å². The molecule has 0 aliphatic carbocycles. The van der Waals surface area contributed by atoms with Gasteiger partial charge >= 0.3 is 0 Å². The Labute approximate surface area is 120 Å². The second kappa shape index (κ2) is 6.28. The lowest BCUT2D eigenvalue weighted by Gasteiger charge is -2.18. The molecular formula is C15H16BrFN2. The molecule has 0 radical (unpaired) electrons. The maximum Gasteiger partial charge on any atom is 0.123 e. The minimum absolute atomic E-state index is 0.240. The van der Waals surface area contributed by atoms with Crippen molar-refractivity contribution in [2.24, 2.45) is 5.84 Å². The zero-order valence-electron chi connectivity index (χ0n) is 10.7. The molecule has 0 amide bonds. The first-order chi connectivity index (χ1) is 9.15. The van der Waals surface area contributed by atoms with Gasteiger partial charge in [0.05, 0.1) is 6.04 Å². The van der Waals surface area contributed by atoms with Crippen LogP contribution in [0.5, 0.6) is 0 Å². The lowest BCUT2D eigenvalue weighted by Crippen LogP contribution is -2.29. The lowest BCUT2D eigenvalue weighted by atomic mass is 9.98. The number of hydrazine groups is 1. The van der Waals surface area contributed by atoms with E-state index in [0.717, 1.165) is 22.0 Å². The van der Waals surface area contributed by atoms with E-state index < -0.39 is 0 Å². The molecule has 2 aromatic carbocycles. The third-order valence-electron chi connectivity index (χ3n) is 3.16. The predicted octanol–water partition coefficient (Wildman–Crippen LogP) is 3.70. The van der Waals surface area contributed by atoms with Gasteiger partial charge in [0.2, 0.25) is 0 Å². The molecule has 19 heavy (non-hydrogen) atoms. The second-order valence-electron chi connectivity index (χ2n) is 4.36. The topological polar surface area (TPSA) is 38.0 Å². The Morgan fingerprint density at radius 3 is 2.47 bits per heavy atom. The van der Waals surface area contributed by atoms with E-state index in [1.807, 2.05) is 12.1 Å². The molecule has 100 valence electrons. The molecule has 0 heterocycles. The minimum atomic E-state index is -0.274. The smallest absolute Gasteiger partial charge is 0.123 e. The number of benzene rings is 2. The number of nitrogens with one attached hydrogen (secondary N) is 1. The molecule has 0 aliphatic heterocycles. The third kappa shape index (κ3) is 3.21. The number of hydrogen-bond acceptors (Lipinski definition) is 2. The van der Waals surface area contributed by atoms with E-state index in [1.54, 1.807) is 6.07 Å². The van der Waals surface area contributed by atoms with Crippen LogP contribution in [0.4, 0.5) is 4.39 Å². The summed E-state index contributed by atoms with van der Waals surface area (Å²) in [6.45, 7) is 2.11. The van der Waals surface area contributed by atoms with Crippen molar-refractivity contribution in [2.75, 3.05) is 0 Å². The van der Waals surface area contributed by atoms with E-state index in [4.69, 9.17) is 5.84 Å².